The fraction of sp³-hybridized carbons (Fsp3) is 0. The van der Waals surface area contributed by atoms with Crippen molar-refractivity contribution < 1.29 is 9.42 Å². The van der Waals surface area contributed by atoms with Gasteiger partial charge in [0.25, 0.3) is 0 Å². The minimum atomic E-state index is -0.807. The first-order valence-corrected chi connectivity index (χ1v) is 2.86. The van der Waals surface area contributed by atoms with Crippen LogP contribution in [0.15, 0.2) is 24.3 Å². The quantitative estimate of drug-likeness (QED) is 0.520. The van der Waals surface area contributed by atoms with E-state index in [0.717, 1.165) is 6.07 Å². The van der Waals surface area contributed by atoms with Crippen LogP contribution in [0.4, 0.5) is 10.1 Å². The third-order valence-corrected chi connectivity index (χ3v) is 1.09. The summed E-state index contributed by atoms with van der Waals surface area (Å²) < 4.78 is 12.6. The van der Waals surface area contributed by atoms with Gasteiger partial charge in [-0.25, -0.2) is 14.5 Å². The maximum absolute atomic E-state index is 12.6. The Morgan fingerprint density at radius 1 is 1.45 bits per heavy atom. The van der Waals surface area contributed by atoms with Crippen LogP contribution < -0.4 is 5.43 Å². The molecule has 0 saturated heterocycles. The van der Waals surface area contributed by atoms with Crippen LogP contribution in [0.1, 0.15) is 0 Å². The van der Waals surface area contributed by atoms with E-state index in [1.165, 1.54) is 18.2 Å². The molecule has 1 N–H and O–H groups in total. The normalized spacial score (nSPS) is 9.18. The first-order valence-electron chi connectivity index (χ1n) is 2.86. The molecule has 0 unspecified atom stereocenters. The average molecular weight is 156 g/mol. The fourth-order valence-corrected chi connectivity index (χ4v) is 0.650. The number of benzene rings is 1. The molecule has 1 aromatic carbocycles. The van der Waals surface area contributed by atoms with Gasteiger partial charge >= 0.3 is 0 Å². The Morgan fingerprint density at radius 2 is 2.09 bits per heavy atom. The molecule has 0 amide bonds. The number of hydrogen-bond acceptors (Lipinski definition) is 2. The van der Waals surface area contributed by atoms with Gasteiger partial charge in [-0.3, -0.25) is 0 Å². The average Bonchev–Trinajstić information content (AvgIpc) is 1.93. The molecular formula is C6H5FN2O2. The molecule has 0 aliphatic rings. The Bertz CT molecular complexity index is 277. The second-order valence-corrected chi connectivity index (χ2v) is 1.85. The Kier molecular flexibility index (Phi) is 2.00. The van der Waals surface area contributed by atoms with Gasteiger partial charge in [0.1, 0.15) is 5.69 Å². The van der Waals surface area contributed by atoms with E-state index in [-0.39, 0.29) is 5.69 Å². The van der Waals surface area contributed by atoms with E-state index in [1.807, 2.05) is 0 Å². The predicted molar refractivity (Wildman–Crippen MR) is 37.0 cm³/mol. The lowest BCUT2D eigenvalue weighted by molar-refractivity contribution is -0.445. The lowest BCUT2D eigenvalue weighted by Crippen LogP contribution is -2.08. The number of nitro groups is 1. The Labute approximate surface area is 61.8 Å². The van der Waals surface area contributed by atoms with Crippen molar-refractivity contribution in [3.8, 4) is 0 Å². The molecule has 0 atom stereocenters. The molecule has 0 radical (unpaired) electrons. The molecule has 58 valence electrons. The number of nitrogens with one attached hydrogen (secondary N) is 1. The van der Waals surface area contributed by atoms with Crippen LogP contribution in [-0.4, -0.2) is 5.03 Å². The molecule has 5 heteroatoms. The summed E-state index contributed by atoms with van der Waals surface area (Å²) in [4.78, 5) is 9.85. The number of hydrazine groups is 1. The topological polar surface area (TPSA) is 55.2 Å². The first kappa shape index (κ1) is 7.46. The van der Waals surface area contributed by atoms with E-state index in [4.69, 9.17) is 0 Å². The molecule has 0 bridgehead atoms. The molecular weight excluding hydrogens is 151 g/mol. The number of rotatable bonds is 2. The summed E-state index contributed by atoms with van der Waals surface area (Å²) in [6.45, 7) is 0. The van der Waals surface area contributed by atoms with E-state index in [1.54, 1.807) is 5.43 Å². The van der Waals surface area contributed by atoms with Crippen molar-refractivity contribution >= 4 is 5.69 Å². The predicted octanol–water partition coefficient (Wildman–Crippen LogP) is 1.43. The number of halogens is 1. The third kappa shape index (κ3) is 1.89. The molecule has 11 heavy (non-hydrogen) atoms. The van der Waals surface area contributed by atoms with Crippen LogP contribution in [0.3, 0.4) is 0 Å². The lowest BCUT2D eigenvalue weighted by Gasteiger charge is -1.96. The molecule has 0 aliphatic carbocycles. The summed E-state index contributed by atoms with van der Waals surface area (Å²) >= 11 is 0. The zero-order valence-electron chi connectivity index (χ0n) is 5.45. The Balaban J connectivity index is 2.86. The van der Waals surface area contributed by atoms with Gasteiger partial charge in [-0.2, -0.15) is 0 Å². The summed E-state index contributed by atoms with van der Waals surface area (Å²) in [6.07, 6.45) is 0. The van der Waals surface area contributed by atoms with Crippen LogP contribution in [0.5, 0.6) is 0 Å². The van der Waals surface area contributed by atoms with Crippen LogP contribution in [-0.2, 0) is 0 Å². The summed E-state index contributed by atoms with van der Waals surface area (Å²) in [6, 6.07) is 5.40. The molecule has 0 heterocycles. The lowest BCUT2D eigenvalue weighted by atomic mass is 10.3. The van der Waals surface area contributed by atoms with Gasteiger partial charge in [0.15, 0.2) is 10.8 Å². The van der Waals surface area contributed by atoms with Gasteiger partial charge in [-0.15, -0.1) is 5.43 Å². The van der Waals surface area contributed by atoms with Crippen molar-refractivity contribution in [2.24, 2.45) is 0 Å². The van der Waals surface area contributed by atoms with Gasteiger partial charge in [0.05, 0.1) is 0 Å². The Hall–Kier alpha value is -1.65. The minimum Gasteiger partial charge on any atom is -0.235 e. The molecule has 0 fully saturated rings. The summed E-state index contributed by atoms with van der Waals surface area (Å²) in [5.41, 5.74) is 1.59. The van der Waals surface area contributed by atoms with Crippen molar-refractivity contribution in [3.05, 3.63) is 40.2 Å². The van der Waals surface area contributed by atoms with Crippen LogP contribution in [0, 0.1) is 15.9 Å². The summed E-state index contributed by atoms with van der Waals surface area (Å²) in [7, 11) is 0. The highest BCUT2D eigenvalue weighted by molar-refractivity contribution is 5.41. The molecule has 0 spiro atoms. The van der Waals surface area contributed by atoms with Crippen molar-refractivity contribution in [1.82, 2.24) is 0 Å². The summed E-state index contributed by atoms with van der Waals surface area (Å²) in [5, 5.41) is 9.04. The van der Waals surface area contributed by atoms with Crippen molar-refractivity contribution in [1.29, 1.82) is 0 Å². The Morgan fingerprint density at radius 3 is 2.64 bits per heavy atom. The standard InChI is InChI=1S/C6H5FN2O2/c7-5-3-1-2-4-6(5)8-9(10)11/h1-4,8H. The van der Waals surface area contributed by atoms with E-state index in [2.05, 4.69) is 0 Å². The number of para-hydroxylation sites is 1. The van der Waals surface area contributed by atoms with Gasteiger partial charge in [0, 0.05) is 0 Å². The minimum absolute atomic E-state index is 0.127. The number of hydrogen-bond donors (Lipinski definition) is 1. The molecule has 0 aromatic heterocycles. The SMILES string of the molecule is O=[N+]([O-])Nc1ccccc1F. The second-order valence-electron chi connectivity index (χ2n) is 1.85. The maximum Gasteiger partial charge on any atom is 0.162 e. The first-order chi connectivity index (χ1) is 5.20. The molecule has 1 aromatic rings. The van der Waals surface area contributed by atoms with E-state index in [9.17, 15) is 14.5 Å². The molecule has 0 aliphatic heterocycles. The largest absolute Gasteiger partial charge is 0.235 e. The van der Waals surface area contributed by atoms with Gasteiger partial charge in [0.2, 0.25) is 0 Å². The number of anilines is 1. The van der Waals surface area contributed by atoms with Gasteiger partial charge in [-0.1, -0.05) is 12.1 Å². The van der Waals surface area contributed by atoms with E-state index in [0.29, 0.717) is 0 Å². The highest BCUT2D eigenvalue weighted by Crippen LogP contribution is 2.11. The van der Waals surface area contributed by atoms with E-state index >= 15 is 0 Å². The molecule has 4 nitrogen and oxygen atoms in total. The zero-order chi connectivity index (χ0) is 8.27. The van der Waals surface area contributed by atoms with Crippen LogP contribution in [0.25, 0.3) is 0 Å². The van der Waals surface area contributed by atoms with Crippen LogP contribution in [0.2, 0.25) is 0 Å². The van der Waals surface area contributed by atoms with Crippen molar-refractivity contribution in [3.63, 3.8) is 0 Å². The van der Waals surface area contributed by atoms with Gasteiger partial charge in [-0.05, 0) is 12.1 Å². The zero-order valence-corrected chi connectivity index (χ0v) is 5.45. The summed E-state index contributed by atoms with van der Waals surface area (Å²) in [5.74, 6) is -0.635. The highest BCUT2D eigenvalue weighted by atomic mass is 19.1. The van der Waals surface area contributed by atoms with Crippen molar-refractivity contribution in [2.45, 2.75) is 0 Å². The van der Waals surface area contributed by atoms with E-state index < -0.39 is 10.8 Å². The smallest absolute Gasteiger partial charge is 0.162 e. The second kappa shape index (κ2) is 2.96. The monoisotopic (exact) mass is 156 g/mol. The molecule has 1 rings (SSSR count). The fourth-order valence-electron chi connectivity index (χ4n) is 0.650. The molecule has 0 saturated carbocycles. The number of nitrogens with zero attached hydrogens (tertiary/aromatic N) is 1. The third-order valence-electron chi connectivity index (χ3n) is 1.09. The van der Waals surface area contributed by atoms with Crippen molar-refractivity contribution in [2.75, 3.05) is 5.43 Å². The van der Waals surface area contributed by atoms with Crippen LogP contribution >= 0.6 is 0 Å². The van der Waals surface area contributed by atoms with Gasteiger partial charge < -0.3 is 0 Å². The maximum atomic E-state index is 12.6. The highest BCUT2D eigenvalue weighted by Gasteiger charge is 2.03.